The molecule has 108 valence electrons. The van der Waals surface area contributed by atoms with Gasteiger partial charge in [-0.25, -0.2) is 0 Å². The summed E-state index contributed by atoms with van der Waals surface area (Å²) in [6, 6.07) is 0. The van der Waals surface area contributed by atoms with Crippen LogP contribution in [0.1, 0.15) is 66.7 Å². The lowest BCUT2D eigenvalue weighted by Crippen LogP contribution is -2.13. The monoisotopic (exact) mass is 264 g/mol. The number of allylic oxidation sites excluding steroid dienone is 4. The highest BCUT2D eigenvalue weighted by atomic mass is 16.2. The Kier molecular flexibility index (Phi) is 9.11. The zero-order chi connectivity index (χ0) is 14.8. The minimum absolute atomic E-state index is 0.239. The fraction of sp³-hybridized carbons (Fsp3) is 0.647. The second-order valence-electron chi connectivity index (χ2n) is 5.74. The third-order valence-electron chi connectivity index (χ3n) is 3.17. The Morgan fingerprint density at radius 1 is 1.00 bits per heavy atom. The fourth-order valence-corrected chi connectivity index (χ4v) is 1.87. The van der Waals surface area contributed by atoms with Gasteiger partial charge in [-0.1, -0.05) is 30.2 Å². The van der Waals surface area contributed by atoms with Crippen LogP contribution in [0.4, 0.5) is 0 Å². The summed E-state index contributed by atoms with van der Waals surface area (Å²) in [5.74, 6) is -0.268. The first-order valence-corrected chi connectivity index (χ1v) is 7.15. The van der Waals surface area contributed by atoms with Crippen LogP contribution in [-0.2, 0) is 9.59 Å². The second kappa shape index (κ2) is 9.71. The fourth-order valence-electron chi connectivity index (χ4n) is 1.87. The van der Waals surface area contributed by atoms with Crippen LogP contribution in [0.2, 0.25) is 0 Å². The summed E-state index contributed by atoms with van der Waals surface area (Å²) in [5.41, 5.74) is 2.77. The maximum atomic E-state index is 11.3. The van der Waals surface area contributed by atoms with E-state index in [1.54, 1.807) is 0 Å². The van der Waals surface area contributed by atoms with Gasteiger partial charge in [-0.3, -0.25) is 9.59 Å². The van der Waals surface area contributed by atoms with Gasteiger partial charge in [-0.2, -0.15) is 0 Å². The minimum Gasteiger partial charge on any atom is -0.291 e. The van der Waals surface area contributed by atoms with Gasteiger partial charge >= 0.3 is 0 Å². The Morgan fingerprint density at radius 3 is 2.16 bits per heavy atom. The molecule has 0 heterocycles. The summed E-state index contributed by atoms with van der Waals surface area (Å²) < 4.78 is 0. The van der Waals surface area contributed by atoms with E-state index in [9.17, 15) is 9.59 Å². The number of Topliss-reactive ketones (excluding diaryl/α,β-unsaturated/α-hetero) is 2. The molecule has 0 fully saturated rings. The zero-order valence-corrected chi connectivity index (χ0v) is 13.1. The molecular formula is C17H28O2. The van der Waals surface area contributed by atoms with Crippen molar-refractivity contribution in [2.24, 2.45) is 5.92 Å². The molecule has 0 saturated carbocycles. The summed E-state index contributed by atoms with van der Waals surface area (Å²) in [7, 11) is 0. The molecule has 0 radical (unpaired) electrons. The number of rotatable bonds is 9. The number of carbonyl (C=O) groups excluding carboxylic acids is 2. The van der Waals surface area contributed by atoms with Crippen molar-refractivity contribution in [3.05, 3.63) is 23.3 Å². The lowest BCUT2D eigenvalue weighted by atomic mass is 9.97. The minimum atomic E-state index is -0.319. The number of ketones is 2. The standard InChI is InChI=1S/C17H28O2/c1-13(2)8-6-9-14(3)10-7-11-15(4)12-17(19)16(5)18/h8,10,15H,6-7,9,11-12H2,1-5H3. The van der Waals surface area contributed by atoms with E-state index in [2.05, 4.69) is 32.9 Å². The first-order valence-electron chi connectivity index (χ1n) is 7.15. The molecule has 1 unspecified atom stereocenters. The van der Waals surface area contributed by atoms with E-state index in [4.69, 9.17) is 0 Å². The van der Waals surface area contributed by atoms with E-state index in [0.717, 1.165) is 25.7 Å². The molecule has 19 heavy (non-hydrogen) atoms. The van der Waals surface area contributed by atoms with Gasteiger partial charge in [0.15, 0.2) is 11.6 Å². The highest BCUT2D eigenvalue weighted by Gasteiger charge is 2.12. The first kappa shape index (κ1) is 17.8. The molecule has 0 amide bonds. The highest BCUT2D eigenvalue weighted by molar-refractivity contribution is 6.36. The van der Waals surface area contributed by atoms with E-state index in [1.165, 1.54) is 18.1 Å². The van der Waals surface area contributed by atoms with Gasteiger partial charge in [-0.15, -0.1) is 0 Å². The quantitative estimate of drug-likeness (QED) is 0.449. The predicted octanol–water partition coefficient (Wildman–Crippen LogP) is 4.64. The molecule has 0 bridgehead atoms. The molecule has 1 atom stereocenters. The van der Waals surface area contributed by atoms with Crippen molar-refractivity contribution in [3.8, 4) is 0 Å². The Balaban J connectivity index is 3.90. The van der Waals surface area contributed by atoms with Crippen molar-refractivity contribution in [2.45, 2.75) is 66.7 Å². The Hall–Kier alpha value is -1.18. The van der Waals surface area contributed by atoms with Crippen molar-refractivity contribution in [3.63, 3.8) is 0 Å². The van der Waals surface area contributed by atoms with Crippen molar-refractivity contribution < 1.29 is 9.59 Å². The number of carbonyl (C=O) groups is 2. The van der Waals surface area contributed by atoms with Gasteiger partial charge in [0.1, 0.15) is 0 Å². The van der Waals surface area contributed by atoms with Crippen molar-refractivity contribution in [1.82, 2.24) is 0 Å². The maximum absolute atomic E-state index is 11.3. The number of hydrogen-bond donors (Lipinski definition) is 0. The molecule has 2 heteroatoms. The van der Waals surface area contributed by atoms with Gasteiger partial charge < -0.3 is 0 Å². The molecule has 2 nitrogen and oxygen atoms in total. The maximum Gasteiger partial charge on any atom is 0.198 e. The Bertz CT molecular complexity index is 357. The average molecular weight is 264 g/mol. The Labute approximate surface area is 118 Å². The summed E-state index contributed by atoms with van der Waals surface area (Å²) in [4.78, 5) is 22.2. The largest absolute Gasteiger partial charge is 0.291 e. The van der Waals surface area contributed by atoms with Gasteiger partial charge in [0, 0.05) is 13.3 Å². The van der Waals surface area contributed by atoms with Gasteiger partial charge in [-0.05, 0) is 52.4 Å². The summed E-state index contributed by atoms with van der Waals surface area (Å²) in [6.07, 6.45) is 9.07. The molecule has 0 aromatic rings. The van der Waals surface area contributed by atoms with Crippen molar-refractivity contribution >= 4 is 11.6 Å². The van der Waals surface area contributed by atoms with Crippen LogP contribution in [0.5, 0.6) is 0 Å². The SMILES string of the molecule is CC(=O)C(=O)CC(C)CCC=C(C)CCC=C(C)C. The van der Waals surface area contributed by atoms with Crippen LogP contribution >= 0.6 is 0 Å². The smallest absolute Gasteiger partial charge is 0.198 e. The molecule has 0 spiro atoms. The molecule has 0 rings (SSSR count). The molecule has 0 N–H and O–H groups in total. The lowest BCUT2D eigenvalue weighted by molar-refractivity contribution is -0.135. The van der Waals surface area contributed by atoms with Gasteiger partial charge in [0.25, 0.3) is 0 Å². The summed E-state index contributed by atoms with van der Waals surface area (Å²) in [6.45, 7) is 9.78. The van der Waals surface area contributed by atoms with Gasteiger partial charge in [0.05, 0.1) is 0 Å². The van der Waals surface area contributed by atoms with Crippen molar-refractivity contribution in [1.29, 1.82) is 0 Å². The zero-order valence-electron chi connectivity index (χ0n) is 13.1. The van der Waals surface area contributed by atoms with Crippen LogP contribution in [0.15, 0.2) is 23.3 Å². The van der Waals surface area contributed by atoms with E-state index in [0.29, 0.717) is 12.3 Å². The van der Waals surface area contributed by atoms with Crippen molar-refractivity contribution in [2.75, 3.05) is 0 Å². The summed E-state index contributed by atoms with van der Waals surface area (Å²) in [5, 5.41) is 0. The number of hydrogen-bond acceptors (Lipinski definition) is 2. The van der Waals surface area contributed by atoms with E-state index in [-0.39, 0.29) is 11.6 Å². The van der Waals surface area contributed by atoms with E-state index in [1.807, 2.05) is 6.92 Å². The average Bonchev–Trinajstić information content (AvgIpc) is 2.28. The molecule has 0 aromatic carbocycles. The lowest BCUT2D eigenvalue weighted by Gasteiger charge is -2.08. The molecular weight excluding hydrogens is 236 g/mol. The van der Waals surface area contributed by atoms with Crippen LogP contribution in [-0.4, -0.2) is 11.6 Å². The van der Waals surface area contributed by atoms with Crippen LogP contribution in [0.25, 0.3) is 0 Å². The topological polar surface area (TPSA) is 34.1 Å². The van der Waals surface area contributed by atoms with Crippen LogP contribution in [0, 0.1) is 5.92 Å². The normalized spacial score (nSPS) is 13.0. The molecule has 0 aromatic heterocycles. The van der Waals surface area contributed by atoms with Crippen LogP contribution in [0.3, 0.4) is 0 Å². The van der Waals surface area contributed by atoms with E-state index < -0.39 is 0 Å². The first-order chi connectivity index (χ1) is 8.82. The summed E-state index contributed by atoms with van der Waals surface area (Å²) >= 11 is 0. The molecule has 0 aliphatic rings. The third kappa shape index (κ3) is 10.4. The second-order valence-corrected chi connectivity index (χ2v) is 5.74. The van der Waals surface area contributed by atoms with Gasteiger partial charge in [0.2, 0.25) is 0 Å². The highest BCUT2D eigenvalue weighted by Crippen LogP contribution is 2.14. The third-order valence-corrected chi connectivity index (χ3v) is 3.17. The molecule has 0 aliphatic heterocycles. The molecule has 0 saturated heterocycles. The molecule has 0 aliphatic carbocycles. The Morgan fingerprint density at radius 2 is 1.63 bits per heavy atom. The van der Waals surface area contributed by atoms with Crippen LogP contribution < -0.4 is 0 Å². The van der Waals surface area contributed by atoms with E-state index >= 15 is 0 Å². The predicted molar refractivity (Wildman–Crippen MR) is 81.1 cm³/mol.